The van der Waals surface area contributed by atoms with Gasteiger partial charge in [-0.3, -0.25) is 10.1 Å². The first-order valence-electron chi connectivity index (χ1n) is 6.34. The number of hydrogen-bond acceptors (Lipinski definition) is 7. The van der Waals surface area contributed by atoms with Crippen molar-refractivity contribution in [3.8, 4) is 0 Å². The van der Waals surface area contributed by atoms with Crippen molar-refractivity contribution in [2.45, 2.75) is 25.6 Å². The van der Waals surface area contributed by atoms with Gasteiger partial charge in [-0.05, 0) is 25.5 Å². The highest BCUT2D eigenvalue weighted by Crippen LogP contribution is 2.29. The SMILES string of the molecule is CCOC(=O)c1ccc(C(O)C(O)CCO)c([N+](=O)[O-])c1. The molecule has 0 aliphatic rings. The Morgan fingerprint density at radius 3 is 2.62 bits per heavy atom. The Morgan fingerprint density at radius 2 is 2.10 bits per heavy atom. The molecule has 1 aromatic carbocycles. The highest BCUT2D eigenvalue weighted by Gasteiger charge is 2.27. The van der Waals surface area contributed by atoms with Crippen LogP contribution < -0.4 is 0 Å². The zero-order valence-corrected chi connectivity index (χ0v) is 11.4. The lowest BCUT2D eigenvalue weighted by Crippen LogP contribution is -2.20. The molecule has 116 valence electrons. The molecule has 2 unspecified atom stereocenters. The van der Waals surface area contributed by atoms with Gasteiger partial charge < -0.3 is 20.1 Å². The number of nitrogens with zero attached hydrogens (tertiary/aromatic N) is 1. The molecule has 1 aromatic rings. The third-order valence-electron chi connectivity index (χ3n) is 2.85. The van der Waals surface area contributed by atoms with Gasteiger partial charge in [0.15, 0.2) is 0 Å². The molecule has 0 aliphatic carbocycles. The Labute approximate surface area is 120 Å². The van der Waals surface area contributed by atoms with Crippen molar-refractivity contribution in [2.24, 2.45) is 0 Å². The van der Waals surface area contributed by atoms with E-state index in [4.69, 9.17) is 9.84 Å². The fourth-order valence-corrected chi connectivity index (χ4v) is 1.79. The van der Waals surface area contributed by atoms with Crippen molar-refractivity contribution in [2.75, 3.05) is 13.2 Å². The van der Waals surface area contributed by atoms with Gasteiger partial charge in [-0.25, -0.2) is 4.79 Å². The molecule has 3 N–H and O–H groups in total. The number of ether oxygens (including phenoxy) is 1. The number of benzene rings is 1. The fraction of sp³-hybridized carbons (Fsp3) is 0.462. The predicted octanol–water partition coefficient (Wildman–Crippen LogP) is 0.548. The van der Waals surface area contributed by atoms with Crippen molar-refractivity contribution < 1.29 is 29.8 Å². The zero-order chi connectivity index (χ0) is 16.0. The van der Waals surface area contributed by atoms with Crippen LogP contribution in [0.15, 0.2) is 18.2 Å². The van der Waals surface area contributed by atoms with Gasteiger partial charge in [0.25, 0.3) is 5.69 Å². The van der Waals surface area contributed by atoms with E-state index in [1.54, 1.807) is 6.92 Å². The molecule has 21 heavy (non-hydrogen) atoms. The molecule has 0 aliphatic heterocycles. The van der Waals surface area contributed by atoms with E-state index >= 15 is 0 Å². The first-order chi connectivity index (χ1) is 9.92. The summed E-state index contributed by atoms with van der Waals surface area (Å²) in [6, 6.07) is 3.45. The monoisotopic (exact) mass is 299 g/mol. The lowest BCUT2D eigenvalue weighted by atomic mass is 9.99. The summed E-state index contributed by atoms with van der Waals surface area (Å²) in [5.41, 5.74) is -0.643. The van der Waals surface area contributed by atoms with E-state index in [2.05, 4.69) is 0 Å². The molecule has 0 saturated carbocycles. The van der Waals surface area contributed by atoms with Gasteiger partial charge in [0.05, 0.1) is 28.8 Å². The van der Waals surface area contributed by atoms with Crippen LogP contribution in [-0.2, 0) is 4.74 Å². The number of esters is 1. The van der Waals surface area contributed by atoms with Crippen molar-refractivity contribution in [3.63, 3.8) is 0 Å². The number of aliphatic hydroxyl groups is 3. The summed E-state index contributed by atoms with van der Waals surface area (Å²) in [6.45, 7) is 1.37. The quantitative estimate of drug-likeness (QED) is 0.380. The molecular formula is C13H17NO7. The lowest BCUT2D eigenvalue weighted by Gasteiger charge is -2.17. The van der Waals surface area contributed by atoms with Gasteiger partial charge in [0, 0.05) is 12.7 Å². The van der Waals surface area contributed by atoms with Crippen molar-refractivity contribution in [1.82, 2.24) is 0 Å². The van der Waals surface area contributed by atoms with Crippen LogP contribution in [-0.4, -0.2) is 45.5 Å². The molecule has 0 bridgehead atoms. The molecule has 1 rings (SSSR count). The van der Waals surface area contributed by atoms with Gasteiger partial charge in [0.2, 0.25) is 0 Å². The maximum absolute atomic E-state index is 11.5. The number of carbonyl (C=O) groups is 1. The highest BCUT2D eigenvalue weighted by molar-refractivity contribution is 5.90. The summed E-state index contributed by atoms with van der Waals surface area (Å²) >= 11 is 0. The Bertz CT molecular complexity index is 517. The number of nitro benzene ring substituents is 1. The van der Waals surface area contributed by atoms with E-state index in [-0.39, 0.29) is 30.8 Å². The maximum atomic E-state index is 11.5. The summed E-state index contributed by atoms with van der Waals surface area (Å²) in [4.78, 5) is 21.8. The molecule has 0 spiro atoms. The molecule has 8 nitrogen and oxygen atoms in total. The topological polar surface area (TPSA) is 130 Å². The van der Waals surface area contributed by atoms with E-state index in [0.717, 1.165) is 6.07 Å². The molecule has 0 saturated heterocycles. The molecule has 0 fully saturated rings. The van der Waals surface area contributed by atoms with Gasteiger partial charge in [-0.2, -0.15) is 0 Å². The van der Waals surface area contributed by atoms with Crippen LogP contribution in [0.2, 0.25) is 0 Å². The van der Waals surface area contributed by atoms with Crippen molar-refractivity contribution in [3.05, 3.63) is 39.4 Å². The van der Waals surface area contributed by atoms with Gasteiger partial charge in [-0.1, -0.05) is 0 Å². The minimum Gasteiger partial charge on any atom is -0.462 e. The smallest absolute Gasteiger partial charge is 0.338 e. The average Bonchev–Trinajstić information content (AvgIpc) is 2.46. The molecule has 0 amide bonds. The molecular weight excluding hydrogens is 282 g/mol. The molecule has 0 heterocycles. The van der Waals surface area contributed by atoms with E-state index < -0.39 is 28.8 Å². The Kier molecular flexibility index (Phi) is 6.22. The van der Waals surface area contributed by atoms with Crippen LogP contribution in [0, 0.1) is 10.1 Å². The summed E-state index contributed by atoms with van der Waals surface area (Å²) in [5.74, 6) is -0.711. The van der Waals surface area contributed by atoms with Gasteiger partial charge >= 0.3 is 5.97 Å². The molecule has 0 radical (unpaired) electrons. The van der Waals surface area contributed by atoms with E-state index in [9.17, 15) is 25.1 Å². The summed E-state index contributed by atoms with van der Waals surface area (Å²) in [5, 5.41) is 39.3. The van der Waals surface area contributed by atoms with E-state index in [1.165, 1.54) is 12.1 Å². The number of rotatable bonds is 7. The number of aliphatic hydroxyl groups excluding tert-OH is 3. The van der Waals surface area contributed by atoms with Crippen molar-refractivity contribution in [1.29, 1.82) is 0 Å². The maximum Gasteiger partial charge on any atom is 0.338 e. The largest absolute Gasteiger partial charge is 0.462 e. The van der Waals surface area contributed by atoms with Crippen LogP contribution in [0.5, 0.6) is 0 Å². The van der Waals surface area contributed by atoms with Gasteiger partial charge in [-0.15, -0.1) is 0 Å². The van der Waals surface area contributed by atoms with Gasteiger partial charge in [0.1, 0.15) is 6.10 Å². The molecule has 2 atom stereocenters. The van der Waals surface area contributed by atoms with Crippen LogP contribution >= 0.6 is 0 Å². The Balaban J connectivity index is 3.16. The summed E-state index contributed by atoms with van der Waals surface area (Å²) < 4.78 is 4.74. The zero-order valence-electron chi connectivity index (χ0n) is 11.4. The minimum absolute atomic E-state index is 0.0175. The van der Waals surface area contributed by atoms with E-state index in [1.807, 2.05) is 0 Å². The average molecular weight is 299 g/mol. The van der Waals surface area contributed by atoms with E-state index in [0.29, 0.717) is 0 Å². The second-order valence-corrected chi connectivity index (χ2v) is 4.28. The fourth-order valence-electron chi connectivity index (χ4n) is 1.79. The minimum atomic E-state index is -1.53. The van der Waals surface area contributed by atoms with Crippen LogP contribution in [0.3, 0.4) is 0 Å². The Morgan fingerprint density at radius 1 is 1.43 bits per heavy atom. The first-order valence-corrected chi connectivity index (χ1v) is 6.34. The third kappa shape index (κ3) is 4.22. The standard InChI is InChI=1S/C13H17NO7/c1-2-21-13(18)8-3-4-9(10(7-8)14(19)20)12(17)11(16)5-6-15/h3-4,7,11-12,15-17H,2,5-6H2,1H3. The molecule has 8 heteroatoms. The second-order valence-electron chi connectivity index (χ2n) is 4.28. The molecule has 0 aromatic heterocycles. The van der Waals surface area contributed by atoms with Crippen LogP contribution in [0.1, 0.15) is 35.4 Å². The lowest BCUT2D eigenvalue weighted by molar-refractivity contribution is -0.386. The number of nitro groups is 1. The van der Waals surface area contributed by atoms with Crippen LogP contribution in [0.25, 0.3) is 0 Å². The van der Waals surface area contributed by atoms with Crippen molar-refractivity contribution >= 4 is 11.7 Å². The predicted molar refractivity (Wildman–Crippen MR) is 71.7 cm³/mol. The third-order valence-corrected chi connectivity index (χ3v) is 2.85. The second kappa shape index (κ2) is 7.67. The Hall–Kier alpha value is -2.03. The summed E-state index contributed by atoms with van der Waals surface area (Å²) in [6.07, 6.45) is -3.01. The first kappa shape index (κ1) is 17.0. The highest BCUT2D eigenvalue weighted by atomic mass is 16.6. The normalized spacial score (nSPS) is 13.5. The summed E-state index contributed by atoms with van der Waals surface area (Å²) in [7, 11) is 0. The van der Waals surface area contributed by atoms with Crippen LogP contribution in [0.4, 0.5) is 5.69 Å². The number of hydrogen-bond donors (Lipinski definition) is 3. The number of carbonyl (C=O) groups excluding carboxylic acids is 1.